The molecule has 4 rings (SSSR count). The summed E-state index contributed by atoms with van der Waals surface area (Å²) in [5.41, 5.74) is 1.64. The molecule has 2 amide bonds. The molecule has 1 saturated heterocycles. The van der Waals surface area contributed by atoms with Crippen LogP contribution < -0.4 is 5.32 Å². The summed E-state index contributed by atoms with van der Waals surface area (Å²) in [6.45, 7) is 2.05. The van der Waals surface area contributed by atoms with Crippen molar-refractivity contribution >= 4 is 29.1 Å². The van der Waals surface area contributed by atoms with Gasteiger partial charge in [-0.05, 0) is 30.3 Å². The highest BCUT2D eigenvalue weighted by Crippen LogP contribution is 2.28. The van der Waals surface area contributed by atoms with Gasteiger partial charge in [-0.2, -0.15) is 0 Å². The fraction of sp³-hybridized carbons (Fsp3) is 0.190. The van der Waals surface area contributed by atoms with Crippen molar-refractivity contribution in [3.63, 3.8) is 0 Å². The maximum atomic E-state index is 13.0. The van der Waals surface area contributed by atoms with E-state index in [0.29, 0.717) is 48.1 Å². The number of anilines is 1. The average molecular weight is 412 g/mol. The van der Waals surface area contributed by atoms with E-state index in [0.717, 1.165) is 0 Å². The second-order valence-corrected chi connectivity index (χ2v) is 6.88. The molecule has 0 bridgehead atoms. The van der Waals surface area contributed by atoms with Crippen molar-refractivity contribution in [2.45, 2.75) is 0 Å². The number of aromatic nitrogens is 1. The van der Waals surface area contributed by atoms with Crippen LogP contribution in [0.15, 0.2) is 59.3 Å². The van der Waals surface area contributed by atoms with Crippen molar-refractivity contribution in [1.82, 2.24) is 9.88 Å². The van der Waals surface area contributed by atoms with Gasteiger partial charge in [-0.1, -0.05) is 29.8 Å². The summed E-state index contributed by atoms with van der Waals surface area (Å²) in [6, 6.07) is 13.8. The second kappa shape index (κ2) is 8.46. The summed E-state index contributed by atoms with van der Waals surface area (Å²) in [6.07, 6.45) is 1.20. The van der Waals surface area contributed by atoms with Crippen LogP contribution >= 0.6 is 11.6 Å². The third-order valence-corrected chi connectivity index (χ3v) is 4.84. The Morgan fingerprint density at radius 3 is 2.52 bits per heavy atom. The molecule has 2 aromatic carbocycles. The number of carbonyl (C=O) groups is 2. The Morgan fingerprint density at radius 2 is 1.76 bits per heavy atom. The van der Waals surface area contributed by atoms with Gasteiger partial charge in [0.25, 0.3) is 11.8 Å². The number of rotatable bonds is 4. The standard InChI is InChI=1S/C21H18ClN3O4/c22-14-5-7-15(8-6-14)24-20(26)18-19(29-13-23-18)16-3-1-2-4-17(16)21(27)25-9-11-28-12-10-25/h1-8,13H,9-12H2,(H,24,26). The van der Waals surface area contributed by atoms with Gasteiger partial charge in [0.05, 0.1) is 18.8 Å². The molecule has 0 aliphatic carbocycles. The predicted octanol–water partition coefficient (Wildman–Crippen LogP) is 3.72. The van der Waals surface area contributed by atoms with E-state index in [9.17, 15) is 9.59 Å². The van der Waals surface area contributed by atoms with Gasteiger partial charge in [-0.3, -0.25) is 9.59 Å². The summed E-state index contributed by atoms with van der Waals surface area (Å²) < 4.78 is 10.8. The van der Waals surface area contributed by atoms with Crippen molar-refractivity contribution in [1.29, 1.82) is 0 Å². The van der Waals surface area contributed by atoms with E-state index in [4.69, 9.17) is 20.8 Å². The molecule has 29 heavy (non-hydrogen) atoms. The molecule has 0 saturated carbocycles. The molecule has 0 spiro atoms. The number of nitrogens with one attached hydrogen (secondary N) is 1. The highest BCUT2D eigenvalue weighted by Gasteiger charge is 2.26. The lowest BCUT2D eigenvalue weighted by molar-refractivity contribution is 0.0303. The number of oxazole rings is 1. The zero-order chi connectivity index (χ0) is 20.2. The van der Waals surface area contributed by atoms with E-state index in [1.165, 1.54) is 6.39 Å². The Bertz CT molecular complexity index is 1030. The zero-order valence-electron chi connectivity index (χ0n) is 15.4. The Balaban J connectivity index is 1.63. The minimum absolute atomic E-state index is 0.0992. The number of hydrogen-bond acceptors (Lipinski definition) is 5. The van der Waals surface area contributed by atoms with E-state index >= 15 is 0 Å². The minimum atomic E-state index is -0.440. The van der Waals surface area contributed by atoms with Crippen LogP contribution in [0.5, 0.6) is 0 Å². The Kier molecular flexibility index (Phi) is 5.59. The predicted molar refractivity (Wildman–Crippen MR) is 108 cm³/mol. The van der Waals surface area contributed by atoms with E-state index in [-0.39, 0.29) is 17.4 Å². The van der Waals surface area contributed by atoms with Gasteiger partial charge in [-0.15, -0.1) is 0 Å². The summed E-state index contributed by atoms with van der Waals surface area (Å²) in [5, 5.41) is 3.33. The first-order valence-electron chi connectivity index (χ1n) is 9.10. The molecule has 1 aromatic heterocycles. The number of benzene rings is 2. The Labute approximate surface area is 172 Å². The summed E-state index contributed by atoms with van der Waals surface area (Å²) in [7, 11) is 0. The van der Waals surface area contributed by atoms with E-state index in [2.05, 4.69) is 10.3 Å². The fourth-order valence-electron chi connectivity index (χ4n) is 3.13. The molecule has 3 aromatic rings. The second-order valence-electron chi connectivity index (χ2n) is 6.44. The molecular formula is C21H18ClN3O4. The summed E-state index contributed by atoms with van der Waals surface area (Å²) in [4.78, 5) is 31.6. The molecule has 1 N–H and O–H groups in total. The van der Waals surface area contributed by atoms with Crippen molar-refractivity contribution < 1.29 is 18.7 Å². The zero-order valence-corrected chi connectivity index (χ0v) is 16.2. The fourth-order valence-corrected chi connectivity index (χ4v) is 3.25. The molecule has 8 heteroatoms. The smallest absolute Gasteiger partial charge is 0.278 e. The molecule has 1 fully saturated rings. The van der Waals surface area contributed by atoms with Crippen LogP contribution in [0.4, 0.5) is 5.69 Å². The highest BCUT2D eigenvalue weighted by molar-refractivity contribution is 6.30. The molecule has 2 heterocycles. The first-order chi connectivity index (χ1) is 14.1. The largest absolute Gasteiger partial charge is 0.443 e. The monoisotopic (exact) mass is 411 g/mol. The molecule has 0 unspecified atom stereocenters. The van der Waals surface area contributed by atoms with Crippen molar-refractivity contribution in [3.05, 3.63) is 71.2 Å². The van der Waals surface area contributed by atoms with Crippen LogP contribution in [0, 0.1) is 0 Å². The molecule has 7 nitrogen and oxygen atoms in total. The number of carbonyl (C=O) groups excluding carboxylic acids is 2. The molecule has 148 valence electrons. The first-order valence-corrected chi connectivity index (χ1v) is 9.48. The first kappa shape index (κ1) is 19.2. The van der Waals surface area contributed by atoms with Crippen molar-refractivity contribution in [3.8, 4) is 11.3 Å². The molecule has 0 radical (unpaired) electrons. The van der Waals surface area contributed by atoms with Gasteiger partial charge in [0.15, 0.2) is 17.8 Å². The van der Waals surface area contributed by atoms with Crippen LogP contribution in [0.25, 0.3) is 11.3 Å². The lowest BCUT2D eigenvalue weighted by Gasteiger charge is -2.27. The average Bonchev–Trinajstić information content (AvgIpc) is 3.25. The van der Waals surface area contributed by atoms with E-state index < -0.39 is 5.91 Å². The summed E-state index contributed by atoms with van der Waals surface area (Å²) in [5.74, 6) is -0.331. The quantitative estimate of drug-likeness (QED) is 0.707. The number of nitrogens with zero attached hydrogens (tertiary/aromatic N) is 2. The number of halogens is 1. The molecule has 1 aliphatic rings. The number of ether oxygens (including phenoxy) is 1. The van der Waals surface area contributed by atoms with Crippen molar-refractivity contribution in [2.24, 2.45) is 0 Å². The van der Waals surface area contributed by atoms with Gasteiger partial charge < -0.3 is 19.4 Å². The Morgan fingerprint density at radius 1 is 1.03 bits per heavy atom. The SMILES string of the molecule is O=C(Nc1ccc(Cl)cc1)c1ncoc1-c1ccccc1C(=O)N1CCOCC1. The van der Waals surface area contributed by atoms with E-state index in [1.807, 2.05) is 0 Å². The number of amides is 2. The van der Waals surface area contributed by atoms with Gasteiger partial charge >= 0.3 is 0 Å². The highest BCUT2D eigenvalue weighted by atomic mass is 35.5. The third-order valence-electron chi connectivity index (χ3n) is 4.58. The lowest BCUT2D eigenvalue weighted by atomic mass is 10.0. The van der Waals surface area contributed by atoms with Crippen LogP contribution in [0.3, 0.4) is 0 Å². The minimum Gasteiger partial charge on any atom is -0.443 e. The van der Waals surface area contributed by atoms with Crippen LogP contribution in [0.1, 0.15) is 20.8 Å². The maximum absolute atomic E-state index is 13.0. The van der Waals surface area contributed by atoms with Crippen LogP contribution in [0.2, 0.25) is 5.02 Å². The molecule has 1 aliphatic heterocycles. The third kappa shape index (κ3) is 4.16. The normalized spacial score (nSPS) is 13.9. The van der Waals surface area contributed by atoms with E-state index in [1.54, 1.807) is 53.4 Å². The lowest BCUT2D eigenvalue weighted by Crippen LogP contribution is -2.40. The van der Waals surface area contributed by atoms with Gasteiger partial charge in [0.1, 0.15) is 0 Å². The van der Waals surface area contributed by atoms with Crippen LogP contribution in [-0.2, 0) is 4.74 Å². The Hall–Kier alpha value is -3.16. The summed E-state index contributed by atoms with van der Waals surface area (Å²) >= 11 is 5.88. The van der Waals surface area contributed by atoms with Gasteiger partial charge in [-0.25, -0.2) is 4.98 Å². The molecule has 0 atom stereocenters. The topological polar surface area (TPSA) is 84.7 Å². The number of hydrogen-bond donors (Lipinski definition) is 1. The molecular weight excluding hydrogens is 394 g/mol. The maximum Gasteiger partial charge on any atom is 0.278 e. The number of morpholine rings is 1. The van der Waals surface area contributed by atoms with Crippen molar-refractivity contribution in [2.75, 3.05) is 31.6 Å². The van der Waals surface area contributed by atoms with Crippen LogP contribution in [-0.4, -0.2) is 48.0 Å². The van der Waals surface area contributed by atoms with Gasteiger partial charge in [0, 0.05) is 29.4 Å². The van der Waals surface area contributed by atoms with Gasteiger partial charge in [0.2, 0.25) is 0 Å².